The third-order valence-electron chi connectivity index (χ3n) is 6.58. The largest absolute Gasteiger partial charge is 0.496 e. The van der Waals surface area contributed by atoms with Crippen molar-refractivity contribution in [1.82, 2.24) is 24.1 Å². The maximum absolute atomic E-state index is 13.3. The number of benzene rings is 1. The van der Waals surface area contributed by atoms with Crippen LogP contribution in [0.5, 0.6) is 5.75 Å². The van der Waals surface area contributed by atoms with Crippen molar-refractivity contribution in [3.05, 3.63) is 53.3 Å². The molecule has 2 aliphatic rings. The molecule has 2 N–H and O–H groups in total. The highest BCUT2D eigenvalue weighted by atomic mass is 32.2. The normalized spacial score (nSPS) is 16.9. The summed E-state index contributed by atoms with van der Waals surface area (Å²) in [7, 11) is -1.80. The molecule has 3 aromatic rings. The summed E-state index contributed by atoms with van der Waals surface area (Å²) in [5.41, 5.74) is 2.56. The summed E-state index contributed by atoms with van der Waals surface area (Å²) in [5, 5.41) is 20.1. The van der Waals surface area contributed by atoms with Crippen molar-refractivity contribution in [2.45, 2.75) is 44.0 Å². The lowest BCUT2D eigenvalue weighted by molar-refractivity contribution is 0.102. The average Bonchev–Trinajstić information content (AvgIpc) is 3.64. The molecule has 3 heterocycles. The van der Waals surface area contributed by atoms with Crippen molar-refractivity contribution in [1.29, 1.82) is 0 Å². The average molecular weight is 513 g/mol. The Kier molecular flexibility index (Phi) is 6.49. The first-order valence-electron chi connectivity index (χ1n) is 11.8. The van der Waals surface area contributed by atoms with Crippen molar-refractivity contribution in [2.75, 3.05) is 25.6 Å². The molecule has 1 saturated carbocycles. The molecule has 0 radical (unpaired) electrons. The Morgan fingerprint density at radius 2 is 2.08 bits per heavy atom. The molecule has 1 aliphatic heterocycles. The Balaban J connectivity index is 1.40. The number of aliphatic hydroxyl groups is 1. The number of anilines is 1. The topological polar surface area (TPSA) is 140 Å². The van der Waals surface area contributed by atoms with Gasteiger partial charge in [0.1, 0.15) is 23.6 Å². The Morgan fingerprint density at radius 1 is 1.28 bits per heavy atom. The number of pyridine rings is 1. The van der Waals surface area contributed by atoms with E-state index in [2.05, 4.69) is 20.5 Å². The third kappa shape index (κ3) is 4.59. The van der Waals surface area contributed by atoms with Crippen LogP contribution in [0.4, 0.5) is 5.82 Å². The SMILES string of the molecule is COc1cc2c(cc1C(=O)Nc1cccc(-c3nncn3[C@H](C)CO)n1)CN(S(=O)(=O)C1CC1)CC2. The summed E-state index contributed by atoms with van der Waals surface area (Å²) >= 11 is 0. The number of hydrogen-bond donors (Lipinski definition) is 2. The van der Waals surface area contributed by atoms with Gasteiger partial charge >= 0.3 is 0 Å². The van der Waals surface area contributed by atoms with Crippen molar-refractivity contribution >= 4 is 21.7 Å². The van der Waals surface area contributed by atoms with E-state index in [1.54, 1.807) is 28.8 Å². The van der Waals surface area contributed by atoms with Gasteiger partial charge in [0.05, 0.1) is 30.6 Å². The monoisotopic (exact) mass is 512 g/mol. The molecule has 1 fully saturated rings. The minimum Gasteiger partial charge on any atom is -0.496 e. The summed E-state index contributed by atoms with van der Waals surface area (Å²) in [5.74, 6) is 0.765. The third-order valence-corrected chi connectivity index (χ3v) is 8.93. The number of carbonyl (C=O) groups is 1. The minimum absolute atomic E-state index is 0.0843. The van der Waals surface area contributed by atoms with E-state index in [-0.39, 0.29) is 24.4 Å². The van der Waals surface area contributed by atoms with Crippen LogP contribution in [-0.4, -0.2) is 69.0 Å². The van der Waals surface area contributed by atoms with E-state index < -0.39 is 15.9 Å². The number of sulfonamides is 1. The van der Waals surface area contributed by atoms with Crippen LogP contribution in [-0.2, 0) is 23.0 Å². The summed E-state index contributed by atoms with van der Waals surface area (Å²) in [4.78, 5) is 17.8. The molecule has 1 aromatic carbocycles. The molecule has 11 nitrogen and oxygen atoms in total. The van der Waals surface area contributed by atoms with Gasteiger partial charge in [0.2, 0.25) is 10.0 Å². The second-order valence-electron chi connectivity index (χ2n) is 9.10. The molecule has 12 heteroatoms. The highest BCUT2D eigenvalue weighted by Crippen LogP contribution is 2.35. The highest BCUT2D eigenvalue weighted by molar-refractivity contribution is 7.90. The molecule has 190 valence electrons. The number of carbonyl (C=O) groups excluding carboxylic acids is 1. The molecule has 5 rings (SSSR count). The fraction of sp³-hybridized carbons (Fsp3) is 0.417. The van der Waals surface area contributed by atoms with Crippen LogP contribution in [0.2, 0.25) is 0 Å². The van der Waals surface area contributed by atoms with Gasteiger partial charge in [-0.25, -0.2) is 13.4 Å². The summed E-state index contributed by atoms with van der Waals surface area (Å²) in [6.07, 6.45) is 3.51. The highest BCUT2D eigenvalue weighted by Gasteiger charge is 2.41. The van der Waals surface area contributed by atoms with Gasteiger partial charge < -0.3 is 19.7 Å². The number of amides is 1. The molecule has 0 saturated heterocycles. The van der Waals surface area contributed by atoms with Crippen molar-refractivity contribution in [3.63, 3.8) is 0 Å². The molecule has 1 atom stereocenters. The quantitative estimate of drug-likeness (QED) is 0.467. The molecular formula is C24H28N6O5S. The van der Waals surface area contributed by atoms with Crippen LogP contribution < -0.4 is 10.1 Å². The number of methoxy groups -OCH3 is 1. The van der Waals surface area contributed by atoms with Crippen LogP contribution in [0, 0.1) is 0 Å². The van der Waals surface area contributed by atoms with E-state index in [1.807, 2.05) is 13.0 Å². The Bertz CT molecular complexity index is 1400. The summed E-state index contributed by atoms with van der Waals surface area (Å²) in [6.45, 7) is 2.42. The lowest BCUT2D eigenvalue weighted by Gasteiger charge is -2.29. The number of rotatable bonds is 8. The fourth-order valence-electron chi connectivity index (χ4n) is 4.35. The van der Waals surface area contributed by atoms with Gasteiger partial charge in [-0.2, -0.15) is 4.31 Å². The Hall–Kier alpha value is -3.35. The number of ether oxygens (including phenoxy) is 1. The Labute approximate surface area is 209 Å². The van der Waals surface area contributed by atoms with Crippen LogP contribution in [0.15, 0.2) is 36.7 Å². The lowest BCUT2D eigenvalue weighted by Crippen LogP contribution is -2.38. The van der Waals surface area contributed by atoms with Gasteiger partial charge in [0.25, 0.3) is 5.91 Å². The van der Waals surface area contributed by atoms with E-state index >= 15 is 0 Å². The predicted molar refractivity (Wildman–Crippen MR) is 132 cm³/mol. The summed E-state index contributed by atoms with van der Waals surface area (Å²) < 4.78 is 34.2. The summed E-state index contributed by atoms with van der Waals surface area (Å²) in [6, 6.07) is 8.43. The van der Waals surface area contributed by atoms with Gasteiger partial charge in [-0.1, -0.05) is 6.07 Å². The van der Waals surface area contributed by atoms with Crippen LogP contribution in [0.1, 0.15) is 47.3 Å². The first-order chi connectivity index (χ1) is 17.3. The maximum atomic E-state index is 13.3. The van der Waals surface area contributed by atoms with E-state index in [0.29, 0.717) is 54.5 Å². The Morgan fingerprint density at radius 3 is 2.81 bits per heavy atom. The second kappa shape index (κ2) is 9.60. The van der Waals surface area contributed by atoms with Gasteiger partial charge in [-0.3, -0.25) is 4.79 Å². The van der Waals surface area contributed by atoms with Crippen molar-refractivity contribution in [2.24, 2.45) is 0 Å². The maximum Gasteiger partial charge on any atom is 0.260 e. The van der Waals surface area contributed by atoms with E-state index in [4.69, 9.17) is 4.74 Å². The van der Waals surface area contributed by atoms with E-state index in [1.165, 1.54) is 17.7 Å². The zero-order chi connectivity index (χ0) is 25.4. The molecule has 2 aromatic heterocycles. The number of hydrogen-bond acceptors (Lipinski definition) is 8. The zero-order valence-corrected chi connectivity index (χ0v) is 20.9. The number of aliphatic hydroxyl groups excluding tert-OH is 1. The molecular weight excluding hydrogens is 484 g/mol. The zero-order valence-electron chi connectivity index (χ0n) is 20.1. The standard InChI is InChI=1S/C24H28N6O5S/c1-15(13-31)30-14-25-28-23(30)20-4-3-5-22(26-20)27-24(32)19-10-17-12-29(36(33,34)18-6-7-18)9-8-16(17)11-21(19)35-2/h3-5,10-11,14-15,18,31H,6-9,12-13H2,1-2H3,(H,26,27,32)/t15-/m1/s1. The van der Waals surface area contributed by atoms with Gasteiger partial charge in [0, 0.05) is 13.1 Å². The molecule has 36 heavy (non-hydrogen) atoms. The molecule has 0 bridgehead atoms. The molecule has 1 aliphatic carbocycles. The lowest BCUT2D eigenvalue weighted by atomic mass is 9.97. The number of nitrogens with zero attached hydrogens (tertiary/aromatic N) is 5. The smallest absolute Gasteiger partial charge is 0.260 e. The number of fused-ring (bicyclic) bond motifs is 1. The first kappa shape index (κ1) is 24.3. The van der Waals surface area contributed by atoms with Gasteiger partial charge in [0.15, 0.2) is 5.82 Å². The molecule has 0 spiro atoms. The molecule has 0 unspecified atom stereocenters. The van der Waals surface area contributed by atoms with Crippen molar-refractivity contribution in [3.8, 4) is 17.3 Å². The van der Waals surface area contributed by atoms with Gasteiger partial charge in [-0.05, 0) is 61.6 Å². The van der Waals surface area contributed by atoms with Crippen LogP contribution in [0.3, 0.4) is 0 Å². The fourth-order valence-corrected chi connectivity index (χ4v) is 6.17. The molecule has 1 amide bonds. The van der Waals surface area contributed by atoms with E-state index in [9.17, 15) is 18.3 Å². The minimum atomic E-state index is -3.30. The number of aromatic nitrogens is 4. The number of nitrogens with one attached hydrogen (secondary N) is 1. The second-order valence-corrected chi connectivity index (χ2v) is 11.3. The predicted octanol–water partition coefficient (Wildman–Crippen LogP) is 2.00. The van der Waals surface area contributed by atoms with Crippen molar-refractivity contribution < 1.29 is 23.1 Å². The first-order valence-corrected chi connectivity index (χ1v) is 13.3. The van der Waals surface area contributed by atoms with Crippen LogP contribution in [0.25, 0.3) is 11.5 Å². The van der Waals surface area contributed by atoms with E-state index in [0.717, 1.165) is 11.1 Å². The van der Waals surface area contributed by atoms with Gasteiger partial charge in [-0.15, -0.1) is 10.2 Å². The van der Waals surface area contributed by atoms with Crippen LogP contribution >= 0.6 is 0 Å².